The van der Waals surface area contributed by atoms with Gasteiger partial charge < -0.3 is 0 Å². The van der Waals surface area contributed by atoms with E-state index in [1.807, 2.05) is 24.3 Å². The number of thiophene rings is 1. The molecule has 0 bridgehead atoms. The number of carbonyl (C=O) groups is 1. The summed E-state index contributed by atoms with van der Waals surface area (Å²) in [6.07, 6.45) is 1.35. The molecule has 23 heavy (non-hydrogen) atoms. The van der Waals surface area contributed by atoms with Crippen molar-refractivity contribution < 1.29 is 4.79 Å². The van der Waals surface area contributed by atoms with Crippen molar-refractivity contribution in [1.82, 2.24) is 0 Å². The lowest BCUT2D eigenvalue weighted by atomic mass is 9.74. The third-order valence-corrected chi connectivity index (χ3v) is 6.66. The zero-order valence-corrected chi connectivity index (χ0v) is 15.4. The minimum absolute atomic E-state index is 0.0606. The number of rotatable bonds is 3. The third-order valence-electron chi connectivity index (χ3n) is 3.93. The van der Waals surface area contributed by atoms with Crippen LogP contribution in [0.25, 0.3) is 0 Å². The summed E-state index contributed by atoms with van der Waals surface area (Å²) >= 11 is 9.00. The largest absolute Gasteiger partial charge is 0.294 e. The van der Waals surface area contributed by atoms with E-state index in [1.165, 1.54) is 11.3 Å². The van der Waals surface area contributed by atoms with Gasteiger partial charge in [-0.15, -0.1) is 23.1 Å². The zero-order valence-electron chi connectivity index (χ0n) is 13.0. The smallest absolute Gasteiger partial charge is 0.165 e. The molecule has 3 rings (SSSR count). The highest BCUT2D eigenvalue weighted by Gasteiger charge is 2.36. The molecule has 0 radical (unpaired) electrons. The molecular formula is C18H16ClNOS2. The van der Waals surface area contributed by atoms with E-state index in [4.69, 9.17) is 11.6 Å². The van der Waals surface area contributed by atoms with E-state index in [0.717, 1.165) is 38.1 Å². The molecule has 5 heteroatoms. The van der Waals surface area contributed by atoms with Crippen LogP contribution in [0.5, 0.6) is 0 Å². The summed E-state index contributed by atoms with van der Waals surface area (Å²) in [5.74, 6) is 0.943. The molecule has 1 aliphatic carbocycles. The molecule has 0 saturated carbocycles. The SMILES string of the molecule is CC1(C)CC(=O)c2c(SCc3ccc(Cl)cc3)sc(C#N)c2C1. The van der Waals surface area contributed by atoms with Crippen LogP contribution in [0.15, 0.2) is 28.5 Å². The molecule has 118 valence electrons. The molecule has 0 amide bonds. The zero-order chi connectivity index (χ0) is 16.6. The maximum atomic E-state index is 12.6. The molecule has 1 aromatic heterocycles. The Bertz CT molecular complexity index is 800. The highest BCUT2D eigenvalue weighted by Crippen LogP contribution is 2.45. The average molecular weight is 362 g/mol. The number of hydrogen-bond acceptors (Lipinski definition) is 4. The van der Waals surface area contributed by atoms with Gasteiger partial charge in [-0.3, -0.25) is 4.79 Å². The van der Waals surface area contributed by atoms with Gasteiger partial charge in [0.25, 0.3) is 0 Å². The van der Waals surface area contributed by atoms with Crippen molar-refractivity contribution in [2.24, 2.45) is 5.41 Å². The van der Waals surface area contributed by atoms with Crippen molar-refractivity contribution in [3.8, 4) is 6.07 Å². The summed E-state index contributed by atoms with van der Waals surface area (Å²) in [7, 11) is 0. The first-order valence-electron chi connectivity index (χ1n) is 7.36. The first-order chi connectivity index (χ1) is 10.9. The second-order valence-electron chi connectivity index (χ2n) is 6.54. The average Bonchev–Trinajstić information content (AvgIpc) is 2.83. The Morgan fingerprint density at radius 1 is 1.30 bits per heavy atom. The number of benzene rings is 1. The summed E-state index contributed by atoms with van der Waals surface area (Å²) in [6.45, 7) is 4.18. The minimum Gasteiger partial charge on any atom is -0.294 e. The molecule has 1 aliphatic rings. The second kappa shape index (κ2) is 6.32. The van der Waals surface area contributed by atoms with Crippen molar-refractivity contribution in [3.63, 3.8) is 0 Å². The Labute approximate surface area is 149 Å². The number of nitrogens with zero attached hydrogens (tertiary/aromatic N) is 1. The van der Waals surface area contributed by atoms with Crippen LogP contribution in [-0.4, -0.2) is 5.78 Å². The van der Waals surface area contributed by atoms with E-state index in [0.29, 0.717) is 11.3 Å². The number of ketones is 1. The van der Waals surface area contributed by atoms with Gasteiger partial charge in [-0.05, 0) is 35.1 Å². The normalized spacial score (nSPS) is 16.0. The van der Waals surface area contributed by atoms with Gasteiger partial charge in [0, 0.05) is 22.8 Å². The van der Waals surface area contributed by atoms with Crippen LogP contribution in [0.2, 0.25) is 5.02 Å². The van der Waals surface area contributed by atoms with Crippen LogP contribution in [0.3, 0.4) is 0 Å². The standard InChI is InChI=1S/C18H16ClNOS2/c1-18(2)7-13-15(9-20)23-17(16(13)14(21)8-18)22-10-11-3-5-12(19)6-4-11/h3-6H,7-8,10H2,1-2H3. The number of hydrogen-bond donors (Lipinski definition) is 0. The summed E-state index contributed by atoms with van der Waals surface area (Å²) in [5, 5.41) is 10.1. The van der Waals surface area contributed by atoms with E-state index >= 15 is 0 Å². The topological polar surface area (TPSA) is 40.9 Å². The predicted molar refractivity (Wildman–Crippen MR) is 96.5 cm³/mol. The quantitative estimate of drug-likeness (QED) is 0.656. The van der Waals surface area contributed by atoms with Crippen molar-refractivity contribution in [3.05, 3.63) is 50.9 Å². The molecule has 0 unspecified atom stereocenters. The molecule has 0 atom stereocenters. The number of Topliss-reactive ketones (excluding diaryl/α,β-unsaturated/α-hetero) is 1. The van der Waals surface area contributed by atoms with Crippen LogP contribution < -0.4 is 0 Å². The Morgan fingerprint density at radius 2 is 2.00 bits per heavy atom. The number of thioether (sulfide) groups is 1. The molecule has 1 heterocycles. The summed E-state index contributed by atoms with van der Waals surface area (Å²) in [4.78, 5) is 13.3. The van der Waals surface area contributed by atoms with Crippen LogP contribution in [0, 0.1) is 16.7 Å². The summed E-state index contributed by atoms with van der Waals surface area (Å²) in [6, 6.07) is 10.00. The monoisotopic (exact) mass is 361 g/mol. The minimum atomic E-state index is -0.0606. The lowest BCUT2D eigenvalue weighted by molar-refractivity contribution is 0.0910. The van der Waals surface area contributed by atoms with Crippen molar-refractivity contribution in [2.45, 2.75) is 36.7 Å². The molecule has 0 spiro atoms. The molecule has 0 N–H and O–H groups in total. The van der Waals surface area contributed by atoms with E-state index < -0.39 is 0 Å². The first kappa shape index (κ1) is 16.6. The number of carbonyl (C=O) groups excluding carboxylic acids is 1. The first-order valence-corrected chi connectivity index (χ1v) is 9.54. The highest BCUT2D eigenvalue weighted by molar-refractivity contribution is 8.00. The van der Waals surface area contributed by atoms with Gasteiger partial charge >= 0.3 is 0 Å². The third kappa shape index (κ3) is 3.47. The fraction of sp³-hybridized carbons (Fsp3) is 0.333. The second-order valence-corrected chi connectivity index (χ2v) is 9.24. The summed E-state index contributed by atoms with van der Waals surface area (Å²) < 4.78 is 0.979. The van der Waals surface area contributed by atoms with Crippen LogP contribution >= 0.6 is 34.7 Å². The van der Waals surface area contributed by atoms with E-state index in [-0.39, 0.29) is 11.2 Å². The van der Waals surface area contributed by atoms with Crippen LogP contribution in [0.1, 0.15) is 46.6 Å². The van der Waals surface area contributed by atoms with Crippen molar-refractivity contribution in [1.29, 1.82) is 5.26 Å². The maximum Gasteiger partial charge on any atom is 0.165 e. The Hall–Kier alpha value is -1.28. The molecule has 0 aliphatic heterocycles. The van der Waals surface area contributed by atoms with E-state index in [9.17, 15) is 10.1 Å². The van der Waals surface area contributed by atoms with Gasteiger partial charge in [-0.1, -0.05) is 37.6 Å². The highest BCUT2D eigenvalue weighted by atomic mass is 35.5. The fourth-order valence-electron chi connectivity index (χ4n) is 2.88. The molecule has 0 saturated heterocycles. The lowest BCUT2D eigenvalue weighted by Crippen LogP contribution is -2.26. The van der Waals surface area contributed by atoms with Gasteiger partial charge in [0.05, 0.1) is 4.21 Å². The predicted octanol–water partition coefficient (Wildman–Crippen LogP) is 5.72. The Morgan fingerprint density at radius 3 is 2.65 bits per heavy atom. The van der Waals surface area contributed by atoms with Crippen LogP contribution in [-0.2, 0) is 12.2 Å². The van der Waals surface area contributed by atoms with Gasteiger partial charge in [-0.2, -0.15) is 5.26 Å². The summed E-state index contributed by atoms with van der Waals surface area (Å²) in [5.41, 5.74) is 2.85. The Balaban J connectivity index is 1.89. The van der Waals surface area contributed by atoms with Crippen LogP contribution in [0.4, 0.5) is 0 Å². The molecular weight excluding hydrogens is 346 g/mol. The van der Waals surface area contributed by atoms with Crippen molar-refractivity contribution >= 4 is 40.5 Å². The van der Waals surface area contributed by atoms with Gasteiger partial charge in [-0.25, -0.2) is 0 Å². The van der Waals surface area contributed by atoms with Gasteiger partial charge in [0.2, 0.25) is 0 Å². The Kier molecular flexibility index (Phi) is 4.55. The van der Waals surface area contributed by atoms with E-state index in [2.05, 4.69) is 19.9 Å². The van der Waals surface area contributed by atoms with Gasteiger partial charge in [0.1, 0.15) is 10.9 Å². The lowest BCUT2D eigenvalue weighted by Gasteiger charge is -2.29. The van der Waals surface area contributed by atoms with E-state index in [1.54, 1.807) is 11.8 Å². The number of nitriles is 1. The molecule has 1 aromatic carbocycles. The maximum absolute atomic E-state index is 12.6. The molecule has 2 aromatic rings. The number of halogens is 1. The van der Waals surface area contributed by atoms with Gasteiger partial charge in [0.15, 0.2) is 5.78 Å². The number of fused-ring (bicyclic) bond motifs is 1. The fourth-order valence-corrected chi connectivity index (χ4v) is 5.41. The van der Waals surface area contributed by atoms with Crippen molar-refractivity contribution in [2.75, 3.05) is 0 Å². The molecule has 2 nitrogen and oxygen atoms in total. The molecule has 0 fully saturated rings.